The molecule has 1 amide bonds. The van der Waals surface area contributed by atoms with Crippen LogP contribution in [0, 0.1) is 13.8 Å². The minimum atomic E-state index is -0.240. The summed E-state index contributed by atoms with van der Waals surface area (Å²) >= 11 is 0. The van der Waals surface area contributed by atoms with Crippen LogP contribution in [0.5, 0.6) is 5.75 Å². The van der Waals surface area contributed by atoms with Crippen LogP contribution >= 0.6 is 0 Å². The lowest BCUT2D eigenvalue weighted by Gasteiger charge is -2.10. The van der Waals surface area contributed by atoms with Gasteiger partial charge in [0.15, 0.2) is 12.2 Å². The number of benzene rings is 2. The molecule has 4 rings (SSSR count). The summed E-state index contributed by atoms with van der Waals surface area (Å²) in [6, 6.07) is 14.9. The molecule has 0 unspecified atom stereocenters. The van der Waals surface area contributed by atoms with E-state index in [1.807, 2.05) is 44.2 Å². The Hall–Kier alpha value is -3.67. The number of oxazole rings is 1. The summed E-state index contributed by atoms with van der Waals surface area (Å²) in [7, 11) is 0. The number of carbonyl (C=O) groups is 1. The molecule has 0 aliphatic rings. The number of nitrogens with zero attached hydrogens (tertiary/aromatic N) is 2. The lowest BCUT2D eigenvalue weighted by molar-refractivity contribution is -0.118. The van der Waals surface area contributed by atoms with Crippen LogP contribution in [0.2, 0.25) is 0 Å². The molecule has 2 heterocycles. The zero-order valence-corrected chi connectivity index (χ0v) is 15.6. The first-order chi connectivity index (χ1) is 13.6. The molecule has 28 heavy (non-hydrogen) atoms. The van der Waals surface area contributed by atoms with Gasteiger partial charge in [-0.3, -0.25) is 9.78 Å². The number of fused-ring (bicyclic) bond motifs is 1. The summed E-state index contributed by atoms with van der Waals surface area (Å²) in [6.45, 7) is 3.91. The van der Waals surface area contributed by atoms with E-state index in [1.165, 1.54) is 0 Å². The van der Waals surface area contributed by atoms with Gasteiger partial charge in [0.05, 0.1) is 5.56 Å². The lowest BCUT2D eigenvalue weighted by Crippen LogP contribution is -2.20. The second-order valence-corrected chi connectivity index (χ2v) is 6.55. The summed E-state index contributed by atoms with van der Waals surface area (Å²) in [6.07, 6.45) is 3.39. The highest BCUT2D eigenvalue weighted by Gasteiger charge is 2.11. The maximum atomic E-state index is 12.2. The Morgan fingerprint density at radius 3 is 2.82 bits per heavy atom. The van der Waals surface area contributed by atoms with Crippen LogP contribution in [0.3, 0.4) is 0 Å². The highest BCUT2D eigenvalue weighted by Crippen LogP contribution is 2.25. The SMILES string of the molecule is Cc1ccc(OCC(=O)Nc2ccc3oc(-c4cccnc4)nc3c2)c(C)c1. The van der Waals surface area contributed by atoms with Crippen molar-refractivity contribution in [1.82, 2.24) is 9.97 Å². The number of aromatic nitrogens is 2. The number of pyridine rings is 1. The third-order valence-corrected chi connectivity index (χ3v) is 4.27. The van der Waals surface area contributed by atoms with Gasteiger partial charge in [-0.2, -0.15) is 0 Å². The molecule has 2 aromatic heterocycles. The van der Waals surface area contributed by atoms with E-state index in [2.05, 4.69) is 15.3 Å². The monoisotopic (exact) mass is 373 g/mol. The summed E-state index contributed by atoms with van der Waals surface area (Å²) < 4.78 is 11.4. The van der Waals surface area contributed by atoms with Gasteiger partial charge in [-0.15, -0.1) is 0 Å². The van der Waals surface area contributed by atoms with Gasteiger partial charge in [0.2, 0.25) is 5.89 Å². The Kier molecular flexibility index (Phi) is 4.76. The van der Waals surface area contributed by atoms with Crippen LogP contribution in [0.1, 0.15) is 11.1 Å². The largest absolute Gasteiger partial charge is 0.483 e. The van der Waals surface area contributed by atoms with Gasteiger partial charge in [-0.1, -0.05) is 17.7 Å². The van der Waals surface area contributed by atoms with Gasteiger partial charge in [-0.25, -0.2) is 4.98 Å². The summed E-state index contributed by atoms with van der Waals surface area (Å²) in [5, 5.41) is 2.83. The number of rotatable bonds is 5. The van der Waals surface area contributed by atoms with E-state index in [0.29, 0.717) is 28.4 Å². The number of anilines is 1. The van der Waals surface area contributed by atoms with Gasteiger partial charge in [0, 0.05) is 18.1 Å². The Morgan fingerprint density at radius 2 is 2.04 bits per heavy atom. The molecule has 0 aliphatic heterocycles. The number of aryl methyl sites for hydroxylation is 2. The number of hydrogen-bond acceptors (Lipinski definition) is 5. The van der Waals surface area contributed by atoms with Crippen molar-refractivity contribution in [2.24, 2.45) is 0 Å². The lowest BCUT2D eigenvalue weighted by atomic mass is 10.1. The number of ether oxygens (including phenoxy) is 1. The first-order valence-electron chi connectivity index (χ1n) is 8.89. The number of carbonyl (C=O) groups excluding carboxylic acids is 1. The Bertz CT molecular complexity index is 1140. The van der Waals surface area contributed by atoms with Crippen LogP contribution in [0.4, 0.5) is 5.69 Å². The molecule has 0 saturated carbocycles. The Morgan fingerprint density at radius 1 is 1.14 bits per heavy atom. The summed E-state index contributed by atoms with van der Waals surface area (Å²) in [5.41, 5.74) is 4.88. The number of nitrogens with one attached hydrogen (secondary N) is 1. The quantitative estimate of drug-likeness (QED) is 0.556. The van der Waals surface area contributed by atoms with Crippen LogP contribution < -0.4 is 10.1 Å². The normalized spacial score (nSPS) is 10.8. The van der Waals surface area contributed by atoms with Crippen LogP contribution in [0.15, 0.2) is 65.3 Å². The molecule has 4 aromatic rings. The summed E-state index contributed by atoms with van der Waals surface area (Å²) in [5.74, 6) is 0.953. The third kappa shape index (κ3) is 3.86. The van der Waals surface area contributed by atoms with Crippen LogP contribution in [-0.4, -0.2) is 22.5 Å². The van der Waals surface area contributed by atoms with E-state index in [0.717, 1.165) is 16.7 Å². The molecular formula is C22H19N3O3. The Balaban J connectivity index is 1.44. The molecule has 0 radical (unpaired) electrons. The van der Waals surface area contributed by atoms with E-state index >= 15 is 0 Å². The molecule has 0 spiro atoms. The molecule has 1 N–H and O–H groups in total. The first kappa shape index (κ1) is 17.7. The van der Waals surface area contributed by atoms with Gasteiger partial charge in [0.25, 0.3) is 5.91 Å². The van der Waals surface area contributed by atoms with Gasteiger partial charge in [-0.05, 0) is 55.8 Å². The molecular weight excluding hydrogens is 354 g/mol. The maximum absolute atomic E-state index is 12.2. The van der Waals surface area contributed by atoms with Gasteiger partial charge < -0.3 is 14.5 Å². The molecule has 2 aromatic carbocycles. The van der Waals surface area contributed by atoms with E-state index in [1.54, 1.807) is 30.6 Å². The zero-order chi connectivity index (χ0) is 19.5. The fraction of sp³-hybridized carbons (Fsp3) is 0.136. The standard InChI is InChI=1S/C22H19N3O3/c1-14-5-7-19(15(2)10-14)27-13-21(26)24-17-6-8-20-18(11-17)25-22(28-20)16-4-3-9-23-12-16/h3-12H,13H2,1-2H3,(H,24,26). The molecule has 0 fully saturated rings. The molecule has 6 nitrogen and oxygen atoms in total. The van der Waals surface area contributed by atoms with Gasteiger partial charge >= 0.3 is 0 Å². The first-order valence-corrected chi connectivity index (χ1v) is 8.89. The number of hydrogen-bond donors (Lipinski definition) is 1. The van der Waals surface area contributed by atoms with Crippen LogP contribution in [0.25, 0.3) is 22.6 Å². The highest BCUT2D eigenvalue weighted by molar-refractivity contribution is 5.94. The highest BCUT2D eigenvalue weighted by atomic mass is 16.5. The minimum absolute atomic E-state index is 0.0678. The van der Waals surface area contributed by atoms with Crippen LogP contribution in [-0.2, 0) is 4.79 Å². The van der Waals surface area contributed by atoms with Crippen molar-refractivity contribution < 1.29 is 13.9 Å². The van der Waals surface area contributed by atoms with Gasteiger partial charge in [0.1, 0.15) is 11.3 Å². The van der Waals surface area contributed by atoms with Crippen molar-refractivity contribution in [3.8, 4) is 17.2 Å². The van der Waals surface area contributed by atoms with E-state index < -0.39 is 0 Å². The topological polar surface area (TPSA) is 77.2 Å². The van der Waals surface area contributed by atoms with E-state index in [9.17, 15) is 4.79 Å². The fourth-order valence-corrected chi connectivity index (χ4v) is 2.92. The zero-order valence-electron chi connectivity index (χ0n) is 15.6. The average Bonchev–Trinajstić information content (AvgIpc) is 3.11. The number of amides is 1. The average molecular weight is 373 g/mol. The predicted octanol–water partition coefficient (Wildman–Crippen LogP) is 4.52. The molecule has 140 valence electrons. The predicted molar refractivity (Wildman–Crippen MR) is 107 cm³/mol. The molecule has 0 saturated heterocycles. The van der Waals surface area contributed by atoms with Crippen molar-refractivity contribution >= 4 is 22.7 Å². The second kappa shape index (κ2) is 7.52. The molecule has 6 heteroatoms. The molecule has 0 atom stereocenters. The smallest absolute Gasteiger partial charge is 0.262 e. The molecule has 0 bridgehead atoms. The summed E-state index contributed by atoms with van der Waals surface area (Å²) in [4.78, 5) is 20.8. The van der Waals surface area contributed by atoms with E-state index in [-0.39, 0.29) is 12.5 Å². The minimum Gasteiger partial charge on any atom is -0.483 e. The third-order valence-electron chi connectivity index (χ3n) is 4.27. The molecule has 0 aliphatic carbocycles. The van der Waals surface area contributed by atoms with Crippen molar-refractivity contribution in [2.75, 3.05) is 11.9 Å². The maximum Gasteiger partial charge on any atom is 0.262 e. The van der Waals surface area contributed by atoms with Crippen molar-refractivity contribution in [3.63, 3.8) is 0 Å². The van der Waals surface area contributed by atoms with Crippen molar-refractivity contribution in [1.29, 1.82) is 0 Å². The van der Waals surface area contributed by atoms with E-state index in [4.69, 9.17) is 9.15 Å². The Labute approximate surface area is 162 Å². The fourth-order valence-electron chi connectivity index (χ4n) is 2.92. The van der Waals surface area contributed by atoms with Crippen molar-refractivity contribution in [2.45, 2.75) is 13.8 Å². The second-order valence-electron chi connectivity index (χ2n) is 6.55. The van der Waals surface area contributed by atoms with Crippen molar-refractivity contribution in [3.05, 3.63) is 72.1 Å².